The summed E-state index contributed by atoms with van der Waals surface area (Å²) in [6.07, 6.45) is 1.13. The maximum absolute atomic E-state index is 13.3. The first kappa shape index (κ1) is 20.2. The van der Waals surface area contributed by atoms with Crippen LogP contribution in [0.2, 0.25) is 0 Å². The van der Waals surface area contributed by atoms with Crippen LogP contribution in [0, 0.1) is 6.92 Å². The zero-order valence-corrected chi connectivity index (χ0v) is 18.3. The molecule has 0 bridgehead atoms. The summed E-state index contributed by atoms with van der Waals surface area (Å²) < 4.78 is 61.3. The Morgan fingerprint density at radius 2 is 1.62 bits per heavy atom. The molecular formula is C21H16N4O5S2. The molecule has 0 saturated heterocycles. The molecule has 11 heteroatoms. The third-order valence-electron chi connectivity index (χ3n) is 4.99. The smallest absolute Gasteiger partial charge is 0.268 e. The van der Waals surface area contributed by atoms with Crippen LogP contribution < -0.4 is 4.72 Å². The molecule has 5 aromatic rings. The highest BCUT2D eigenvalue weighted by atomic mass is 32.2. The van der Waals surface area contributed by atoms with E-state index in [1.54, 1.807) is 49.4 Å². The van der Waals surface area contributed by atoms with Gasteiger partial charge in [0.1, 0.15) is 15.9 Å². The third-order valence-corrected chi connectivity index (χ3v) is 8.08. The molecule has 0 aliphatic rings. The van der Waals surface area contributed by atoms with Gasteiger partial charge < -0.3 is 0 Å². The molecule has 162 valence electrons. The van der Waals surface area contributed by atoms with Crippen molar-refractivity contribution in [1.29, 1.82) is 0 Å². The number of hydrogen-bond acceptors (Lipinski definition) is 7. The Morgan fingerprint density at radius 1 is 0.875 bits per heavy atom. The molecule has 0 saturated carbocycles. The van der Waals surface area contributed by atoms with Crippen molar-refractivity contribution in [3.63, 3.8) is 0 Å². The summed E-state index contributed by atoms with van der Waals surface area (Å²) >= 11 is 0. The van der Waals surface area contributed by atoms with Crippen LogP contribution in [0.25, 0.3) is 21.9 Å². The van der Waals surface area contributed by atoms with Crippen LogP contribution in [0.5, 0.6) is 0 Å². The Balaban J connectivity index is 1.67. The Kier molecular flexibility index (Phi) is 4.53. The first-order chi connectivity index (χ1) is 15.3. The Labute approximate surface area is 183 Å². The zero-order valence-electron chi connectivity index (χ0n) is 16.6. The van der Waals surface area contributed by atoms with Gasteiger partial charge in [-0.3, -0.25) is 4.72 Å². The van der Waals surface area contributed by atoms with Crippen molar-refractivity contribution in [2.24, 2.45) is 0 Å². The second kappa shape index (κ2) is 7.18. The van der Waals surface area contributed by atoms with E-state index in [1.165, 1.54) is 24.3 Å². The van der Waals surface area contributed by atoms with Gasteiger partial charge in [0.25, 0.3) is 20.0 Å². The number of sulfonamides is 1. The van der Waals surface area contributed by atoms with Gasteiger partial charge in [0.05, 0.1) is 16.1 Å². The number of rotatable bonds is 5. The fourth-order valence-electron chi connectivity index (χ4n) is 3.45. The van der Waals surface area contributed by atoms with Crippen molar-refractivity contribution in [3.05, 3.63) is 78.5 Å². The molecule has 0 aliphatic heterocycles. The highest BCUT2D eigenvalue weighted by molar-refractivity contribution is 7.93. The molecule has 0 spiro atoms. The van der Waals surface area contributed by atoms with Gasteiger partial charge >= 0.3 is 0 Å². The average Bonchev–Trinajstić information content (AvgIpc) is 3.38. The molecule has 32 heavy (non-hydrogen) atoms. The lowest BCUT2D eigenvalue weighted by atomic mass is 10.2. The molecule has 3 aromatic carbocycles. The summed E-state index contributed by atoms with van der Waals surface area (Å²) in [6, 6.07) is 17.4. The zero-order chi connectivity index (χ0) is 22.5. The predicted octanol–water partition coefficient (Wildman–Crippen LogP) is 3.52. The van der Waals surface area contributed by atoms with Crippen molar-refractivity contribution in [3.8, 4) is 0 Å². The fourth-order valence-corrected chi connectivity index (χ4v) is 6.16. The maximum atomic E-state index is 13.3. The predicted molar refractivity (Wildman–Crippen MR) is 118 cm³/mol. The number of aryl methyl sites for hydroxylation is 1. The van der Waals surface area contributed by atoms with Crippen molar-refractivity contribution in [1.82, 2.24) is 14.3 Å². The first-order valence-electron chi connectivity index (χ1n) is 9.43. The van der Waals surface area contributed by atoms with Crippen LogP contribution in [0.1, 0.15) is 5.56 Å². The van der Waals surface area contributed by atoms with Gasteiger partial charge in [0, 0.05) is 11.6 Å². The molecule has 0 fully saturated rings. The Morgan fingerprint density at radius 3 is 2.41 bits per heavy atom. The normalized spacial score (nSPS) is 12.4. The average molecular weight is 469 g/mol. The lowest BCUT2D eigenvalue weighted by Crippen LogP contribution is -2.14. The monoisotopic (exact) mass is 468 g/mol. The van der Waals surface area contributed by atoms with E-state index in [-0.39, 0.29) is 26.4 Å². The molecule has 9 nitrogen and oxygen atoms in total. The van der Waals surface area contributed by atoms with Crippen LogP contribution in [0.15, 0.2) is 87.3 Å². The molecule has 5 rings (SSSR count). The van der Waals surface area contributed by atoms with E-state index in [9.17, 15) is 16.8 Å². The molecule has 0 unspecified atom stereocenters. The number of anilines is 1. The number of fused-ring (bicyclic) bond motifs is 2. The van der Waals surface area contributed by atoms with E-state index in [0.717, 1.165) is 15.7 Å². The van der Waals surface area contributed by atoms with Gasteiger partial charge in [-0.1, -0.05) is 30.3 Å². The van der Waals surface area contributed by atoms with Gasteiger partial charge in [0.15, 0.2) is 0 Å². The molecule has 0 atom stereocenters. The number of aromatic nitrogens is 3. The van der Waals surface area contributed by atoms with Crippen LogP contribution >= 0.6 is 0 Å². The quantitative estimate of drug-likeness (QED) is 0.418. The van der Waals surface area contributed by atoms with Gasteiger partial charge in [-0.15, -0.1) is 0 Å². The highest BCUT2D eigenvalue weighted by Crippen LogP contribution is 2.31. The van der Waals surface area contributed by atoms with E-state index in [4.69, 9.17) is 0 Å². The van der Waals surface area contributed by atoms with E-state index in [1.807, 2.05) is 0 Å². The molecule has 1 N–H and O–H groups in total. The minimum atomic E-state index is -4.14. The number of hydrogen-bond donors (Lipinski definition) is 1. The van der Waals surface area contributed by atoms with E-state index in [0.29, 0.717) is 11.0 Å². The van der Waals surface area contributed by atoms with Crippen molar-refractivity contribution < 1.29 is 21.5 Å². The van der Waals surface area contributed by atoms with Gasteiger partial charge in [0.2, 0.25) is 0 Å². The molecule has 2 aromatic heterocycles. The van der Waals surface area contributed by atoms with E-state index >= 15 is 0 Å². The van der Waals surface area contributed by atoms with E-state index in [2.05, 4.69) is 19.7 Å². The summed E-state index contributed by atoms with van der Waals surface area (Å²) in [5.41, 5.74) is 2.17. The van der Waals surface area contributed by atoms with Crippen molar-refractivity contribution in [2.45, 2.75) is 16.7 Å². The second-order valence-electron chi connectivity index (χ2n) is 7.20. The van der Waals surface area contributed by atoms with Gasteiger partial charge in [-0.2, -0.15) is 0 Å². The van der Waals surface area contributed by atoms with Crippen molar-refractivity contribution in [2.75, 3.05) is 4.72 Å². The van der Waals surface area contributed by atoms with Crippen LogP contribution in [-0.4, -0.2) is 31.1 Å². The van der Waals surface area contributed by atoms with Gasteiger partial charge in [-0.05, 0) is 59.2 Å². The summed E-state index contributed by atoms with van der Waals surface area (Å²) in [5, 5.41) is 7.68. The lowest BCUT2D eigenvalue weighted by Gasteiger charge is -2.07. The third kappa shape index (κ3) is 3.31. The largest absolute Gasteiger partial charge is 0.279 e. The van der Waals surface area contributed by atoms with Crippen molar-refractivity contribution >= 4 is 47.7 Å². The topological polar surface area (TPSA) is 124 Å². The number of benzene rings is 3. The fraction of sp³-hybridized carbons (Fsp3) is 0.0476. The minimum Gasteiger partial charge on any atom is -0.279 e. The molecule has 0 aliphatic carbocycles. The number of nitrogens with one attached hydrogen (secondary N) is 1. The second-order valence-corrected chi connectivity index (χ2v) is 10.7. The summed E-state index contributed by atoms with van der Waals surface area (Å²) in [5.74, 6) is 0. The summed E-state index contributed by atoms with van der Waals surface area (Å²) in [4.78, 5) is -0.107. The van der Waals surface area contributed by atoms with Crippen LogP contribution in [0.3, 0.4) is 0 Å². The number of nitrogens with zero attached hydrogens (tertiary/aromatic N) is 3. The Bertz CT molecular complexity index is 1690. The highest BCUT2D eigenvalue weighted by Gasteiger charge is 2.27. The maximum Gasteiger partial charge on any atom is 0.268 e. The minimum absolute atomic E-state index is 0.0549. The summed E-state index contributed by atoms with van der Waals surface area (Å²) in [7, 11) is -8.16. The van der Waals surface area contributed by atoms with E-state index < -0.39 is 20.0 Å². The molecular weight excluding hydrogens is 452 g/mol. The lowest BCUT2D eigenvalue weighted by molar-refractivity contribution is 0.315. The first-order valence-corrected chi connectivity index (χ1v) is 12.4. The SMILES string of the molecule is Cc1ccc2c(S(=O)(=O)Nc3ccc4nonc4c3)cn(S(=O)(=O)c3ccccc3)c2c1. The molecule has 2 heterocycles. The standard InChI is InChI=1S/C21H16N4O5S2/c1-14-7-9-17-20(11-14)25(32(28,29)16-5-3-2-4-6-16)13-21(17)31(26,27)24-15-8-10-18-19(12-15)23-30-22-18/h2-13,24H,1H3. The van der Waals surface area contributed by atoms with Gasteiger partial charge in [-0.25, -0.2) is 25.4 Å². The van der Waals surface area contributed by atoms with Crippen LogP contribution in [-0.2, 0) is 20.0 Å². The Hall–Kier alpha value is -3.70. The molecule has 0 amide bonds. The summed E-state index contributed by atoms with van der Waals surface area (Å²) in [6.45, 7) is 1.81. The molecule has 0 radical (unpaired) electrons. The van der Waals surface area contributed by atoms with Crippen LogP contribution in [0.4, 0.5) is 5.69 Å².